The summed E-state index contributed by atoms with van der Waals surface area (Å²) in [7, 11) is 1.52. The van der Waals surface area contributed by atoms with Crippen LogP contribution in [0.1, 0.15) is 19.4 Å². The number of nitrogens with zero attached hydrogens (tertiary/aromatic N) is 2. The van der Waals surface area contributed by atoms with Gasteiger partial charge in [0.05, 0.1) is 12.1 Å². The standard InChI is InChI=1S/C13H19F3N4O/c1-4-17-10-6-9(13(14,15)16)7-11(19-10)20(3)8-12(21)18-5-2/h6-7H,4-5,8H2,1-3H3,(H,17,19)(H,18,21). The van der Waals surface area contributed by atoms with Gasteiger partial charge in [-0.3, -0.25) is 4.79 Å². The van der Waals surface area contributed by atoms with Crippen molar-refractivity contribution in [3.8, 4) is 0 Å². The summed E-state index contributed by atoms with van der Waals surface area (Å²) in [5.74, 6) is -0.0543. The van der Waals surface area contributed by atoms with E-state index in [-0.39, 0.29) is 24.1 Å². The molecule has 1 heterocycles. The number of rotatable bonds is 6. The summed E-state index contributed by atoms with van der Waals surface area (Å²) in [4.78, 5) is 17.0. The quantitative estimate of drug-likeness (QED) is 0.845. The van der Waals surface area contributed by atoms with Crippen LogP contribution < -0.4 is 15.5 Å². The lowest BCUT2D eigenvalue weighted by Gasteiger charge is -2.20. The molecular formula is C13H19F3N4O. The van der Waals surface area contributed by atoms with Crippen molar-refractivity contribution in [2.75, 3.05) is 36.9 Å². The number of carbonyl (C=O) groups is 1. The van der Waals surface area contributed by atoms with Crippen LogP contribution in [0.3, 0.4) is 0 Å². The Hall–Kier alpha value is -1.99. The fourth-order valence-corrected chi connectivity index (χ4v) is 1.70. The van der Waals surface area contributed by atoms with E-state index in [4.69, 9.17) is 0 Å². The zero-order valence-electron chi connectivity index (χ0n) is 12.2. The highest BCUT2D eigenvalue weighted by Gasteiger charge is 2.32. The number of anilines is 2. The highest BCUT2D eigenvalue weighted by molar-refractivity contribution is 5.80. The van der Waals surface area contributed by atoms with E-state index in [1.807, 2.05) is 0 Å². The molecule has 2 N–H and O–H groups in total. The molecule has 0 aliphatic rings. The maximum absolute atomic E-state index is 12.9. The number of pyridine rings is 1. The molecule has 1 amide bonds. The number of nitrogens with one attached hydrogen (secondary N) is 2. The topological polar surface area (TPSA) is 57.3 Å². The minimum absolute atomic E-state index is 0.0618. The summed E-state index contributed by atoms with van der Waals surface area (Å²) in [5.41, 5.74) is -0.800. The Morgan fingerprint density at radius 1 is 1.29 bits per heavy atom. The van der Waals surface area contributed by atoms with Gasteiger partial charge in [0, 0.05) is 20.1 Å². The number of amides is 1. The van der Waals surface area contributed by atoms with Gasteiger partial charge in [-0.05, 0) is 26.0 Å². The number of aromatic nitrogens is 1. The first kappa shape index (κ1) is 17.1. The van der Waals surface area contributed by atoms with Gasteiger partial charge in [-0.2, -0.15) is 13.2 Å². The fourth-order valence-electron chi connectivity index (χ4n) is 1.70. The minimum Gasteiger partial charge on any atom is -0.370 e. The summed E-state index contributed by atoms with van der Waals surface area (Å²) in [6.07, 6.45) is -4.46. The first-order valence-electron chi connectivity index (χ1n) is 6.58. The van der Waals surface area contributed by atoms with Crippen LogP contribution in [-0.2, 0) is 11.0 Å². The Balaban J connectivity index is 3.04. The van der Waals surface area contributed by atoms with Crippen molar-refractivity contribution in [3.05, 3.63) is 17.7 Å². The van der Waals surface area contributed by atoms with Gasteiger partial charge in [-0.15, -0.1) is 0 Å². The second kappa shape index (κ2) is 7.14. The molecule has 0 saturated heterocycles. The van der Waals surface area contributed by atoms with Gasteiger partial charge in [0.25, 0.3) is 0 Å². The number of halogens is 3. The number of hydrogen-bond donors (Lipinski definition) is 2. The lowest BCUT2D eigenvalue weighted by Crippen LogP contribution is -2.35. The van der Waals surface area contributed by atoms with Crippen LogP contribution in [0.5, 0.6) is 0 Å². The predicted molar refractivity (Wildman–Crippen MR) is 75.4 cm³/mol. The molecule has 0 atom stereocenters. The molecule has 0 aromatic carbocycles. The third kappa shape index (κ3) is 5.13. The molecule has 1 aromatic heterocycles. The van der Waals surface area contributed by atoms with Crippen molar-refractivity contribution in [1.29, 1.82) is 0 Å². The van der Waals surface area contributed by atoms with Gasteiger partial charge >= 0.3 is 6.18 Å². The third-order valence-electron chi connectivity index (χ3n) is 2.64. The molecule has 8 heteroatoms. The summed E-state index contributed by atoms with van der Waals surface area (Å²) in [6.45, 7) is 4.39. The normalized spacial score (nSPS) is 11.1. The summed E-state index contributed by atoms with van der Waals surface area (Å²) in [5, 5.41) is 5.34. The number of alkyl halides is 3. The molecule has 5 nitrogen and oxygen atoms in total. The highest BCUT2D eigenvalue weighted by atomic mass is 19.4. The average molecular weight is 304 g/mol. The van der Waals surface area contributed by atoms with Crippen molar-refractivity contribution in [1.82, 2.24) is 10.3 Å². The SMILES string of the molecule is CCNC(=O)CN(C)c1cc(C(F)(F)F)cc(NCC)n1. The van der Waals surface area contributed by atoms with E-state index >= 15 is 0 Å². The number of likely N-dealkylation sites (N-methyl/N-ethyl adjacent to an activating group) is 2. The summed E-state index contributed by atoms with van der Waals surface area (Å²) < 4.78 is 38.6. The highest BCUT2D eigenvalue weighted by Crippen LogP contribution is 2.32. The fraction of sp³-hybridized carbons (Fsp3) is 0.538. The van der Waals surface area contributed by atoms with E-state index in [1.54, 1.807) is 13.8 Å². The zero-order valence-corrected chi connectivity index (χ0v) is 12.2. The molecule has 1 aromatic rings. The monoisotopic (exact) mass is 304 g/mol. The van der Waals surface area contributed by atoms with E-state index in [2.05, 4.69) is 15.6 Å². The molecular weight excluding hydrogens is 285 g/mol. The van der Waals surface area contributed by atoms with Crippen molar-refractivity contribution in [2.24, 2.45) is 0 Å². The Labute approximate surface area is 121 Å². The van der Waals surface area contributed by atoms with E-state index in [1.165, 1.54) is 11.9 Å². The van der Waals surface area contributed by atoms with Crippen molar-refractivity contribution in [3.63, 3.8) is 0 Å². The smallest absolute Gasteiger partial charge is 0.370 e. The first-order chi connectivity index (χ1) is 9.77. The predicted octanol–water partition coefficient (Wildman–Crippen LogP) is 2.10. The second-order valence-electron chi connectivity index (χ2n) is 4.44. The molecule has 21 heavy (non-hydrogen) atoms. The van der Waals surface area contributed by atoms with Crippen LogP contribution in [-0.4, -0.2) is 37.6 Å². The lowest BCUT2D eigenvalue weighted by atomic mass is 10.2. The second-order valence-corrected chi connectivity index (χ2v) is 4.44. The Kier molecular flexibility index (Phi) is 5.80. The van der Waals surface area contributed by atoms with E-state index < -0.39 is 11.7 Å². The molecule has 0 bridgehead atoms. The number of carbonyl (C=O) groups excluding carboxylic acids is 1. The van der Waals surface area contributed by atoms with Crippen LogP contribution >= 0.6 is 0 Å². The summed E-state index contributed by atoms with van der Waals surface area (Å²) >= 11 is 0. The molecule has 0 spiro atoms. The van der Waals surface area contributed by atoms with Gasteiger partial charge in [-0.25, -0.2) is 4.98 Å². The Bertz CT molecular complexity index is 491. The van der Waals surface area contributed by atoms with Crippen LogP contribution in [0.15, 0.2) is 12.1 Å². The lowest BCUT2D eigenvalue weighted by molar-refractivity contribution is -0.137. The minimum atomic E-state index is -4.46. The van der Waals surface area contributed by atoms with Crippen LogP contribution in [0.2, 0.25) is 0 Å². The van der Waals surface area contributed by atoms with Gasteiger partial charge < -0.3 is 15.5 Å². The van der Waals surface area contributed by atoms with Crippen molar-refractivity contribution >= 4 is 17.5 Å². The van der Waals surface area contributed by atoms with Gasteiger partial charge in [0.1, 0.15) is 11.6 Å². The maximum Gasteiger partial charge on any atom is 0.416 e. The van der Waals surface area contributed by atoms with Crippen LogP contribution in [0, 0.1) is 0 Å². The van der Waals surface area contributed by atoms with E-state index in [9.17, 15) is 18.0 Å². The van der Waals surface area contributed by atoms with Crippen molar-refractivity contribution in [2.45, 2.75) is 20.0 Å². The number of hydrogen-bond acceptors (Lipinski definition) is 4. The molecule has 0 aliphatic heterocycles. The zero-order chi connectivity index (χ0) is 16.0. The summed E-state index contributed by atoms with van der Waals surface area (Å²) in [6, 6.07) is 1.88. The molecule has 0 fully saturated rings. The van der Waals surface area contributed by atoms with Crippen molar-refractivity contribution < 1.29 is 18.0 Å². The average Bonchev–Trinajstić information content (AvgIpc) is 2.38. The van der Waals surface area contributed by atoms with Gasteiger partial charge in [-0.1, -0.05) is 0 Å². The van der Waals surface area contributed by atoms with Crippen LogP contribution in [0.4, 0.5) is 24.8 Å². The first-order valence-corrected chi connectivity index (χ1v) is 6.58. The van der Waals surface area contributed by atoms with Crippen LogP contribution in [0.25, 0.3) is 0 Å². The van der Waals surface area contributed by atoms with E-state index in [0.29, 0.717) is 13.1 Å². The molecule has 0 unspecified atom stereocenters. The third-order valence-corrected chi connectivity index (χ3v) is 2.64. The molecule has 118 valence electrons. The van der Waals surface area contributed by atoms with Gasteiger partial charge in [0.15, 0.2) is 0 Å². The molecule has 0 aliphatic carbocycles. The van der Waals surface area contributed by atoms with Gasteiger partial charge in [0.2, 0.25) is 5.91 Å². The maximum atomic E-state index is 12.9. The van der Waals surface area contributed by atoms with E-state index in [0.717, 1.165) is 12.1 Å². The Morgan fingerprint density at radius 2 is 1.95 bits per heavy atom. The largest absolute Gasteiger partial charge is 0.416 e. The Morgan fingerprint density at radius 3 is 2.48 bits per heavy atom. The molecule has 1 rings (SSSR count). The molecule has 0 radical (unpaired) electrons. The molecule has 0 saturated carbocycles.